The quantitative estimate of drug-likeness (QED) is 0.390. The van der Waals surface area contributed by atoms with Crippen LogP contribution in [0.25, 0.3) is 0 Å². The highest BCUT2D eigenvalue weighted by Crippen LogP contribution is 2.27. The van der Waals surface area contributed by atoms with Crippen LogP contribution in [-0.4, -0.2) is 35.1 Å². The molecule has 2 aromatic rings. The van der Waals surface area contributed by atoms with Gasteiger partial charge in [-0.15, -0.1) is 0 Å². The van der Waals surface area contributed by atoms with E-state index in [0.717, 1.165) is 25.1 Å². The van der Waals surface area contributed by atoms with Gasteiger partial charge in [-0.3, -0.25) is 4.79 Å². The summed E-state index contributed by atoms with van der Waals surface area (Å²) in [6.45, 7) is 3.36. The van der Waals surface area contributed by atoms with Crippen molar-refractivity contribution in [3.8, 4) is 17.9 Å². The lowest BCUT2D eigenvalue weighted by molar-refractivity contribution is -0.124. The van der Waals surface area contributed by atoms with Crippen molar-refractivity contribution in [2.45, 2.75) is 51.6 Å². The van der Waals surface area contributed by atoms with Crippen LogP contribution in [0.5, 0.6) is 0 Å². The number of amides is 1. The van der Waals surface area contributed by atoms with Crippen LogP contribution < -0.4 is 16.0 Å². The Labute approximate surface area is 194 Å². The molecule has 1 amide bonds. The molecule has 0 spiro atoms. The van der Waals surface area contributed by atoms with Crippen LogP contribution in [0.2, 0.25) is 0 Å². The van der Waals surface area contributed by atoms with Gasteiger partial charge in [-0.2, -0.15) is 10.2 Å². The largest absolute Gasteiger partial charge is 0.369 e. The Morgan fingerprint density at radius 1 is 1.24 bits per heavy atom. The van der Waals surface area contributed by atoms with Crippen LogP contribution in [-0.2, 0) is 4.79 Å². The Morgan fingerprint density at radius 3 is 2.76 bits per heavy atom. The van der Waals surface area contributed by atoms with Crippen molar-refractivity contribution in [1.82, 2.24) is 15.3 Å². The fourth-order valence-corrected chi connectivity index (χ4v) is 3.52. The van der Waals surface area contributed by atoms with Gasteiger partial charge in [0.25, 0.3) is 0 Å². The summed E-state index contributed by atoms with van der Waals surface area (Å²) in [4.78, 5) is 20.9. The summed E-state index contributed by atoms with van der Waals surface area (Å²) >= 11 is 0. The maximum atomic E-state index is 13.2. The zero-order valence-electron chi connectivity index (χ0n) is 18.8. The summed E-state index contributed by atoms with van der Waals surface area (Å²) in [5, 5.41) is 18.2. The van der Waals surface area contributed by atoms with E-state index in [1.807, 2.05) is 0 Å². The maximum absolute atomic E-state index is 13.2. The van der Waals surface area contributed by atoms with Crippen molar-refractivity contribution < 1.29 is 9.18 Å². The molecular weight excluding hydrogens is 419 g/mol. The van der Waals surface area contributed by atoms with Crippen molar-refractivity contribution in [2.24, 2.45) is 5.92 Å². The number of carbonyl (C=O) groups excluding carboxylic acids is 1. The van der Waals surface area contributed by atoms with Crippen LogP contribution in [0.1, 0.15) is 56.6 Å². The van der Waals surface area contributed by atoms with Gasteiger partial charge in [-0.05, 0) is 56.4 Å². The van der Waals surface area contributed by atoms with Gasteiger partial charge in [0.05, 0.1) is 23.4 Å². The first-order valence-corrected chi connectivity index (χ1v) is 11.4. The number of hydrogen-bond donors (Lipinski definition) is 3. The Balaban J connectivity index is 1.54. The van der Waals surface area contributed by atoms with Gasteiger partial charge < -0.3 is 16.0 Å². The first-order valence-electron chi connectivity index (χ1n) is 11.4. The highest BCUT2D eigenvalue weighted by Gasteiger charge is 2.29. The molecule has 1 aromatic carbocycles. The minimum atomic E-state index is -0.838. The van der Waals surface area contributed by atoms with E-state index in [9.17, 15) is 9.18 Å². The SMILES string of the molecule is CCCNc1nc(Nc2ccc(C#N)cc2)ncc1C#CCCCNC(=O)[C@H]1CC[C@H](F)C1. The zero-order chi connectivity index (χ0) is 23.5. The summed E-state index contributed by atoms with van der Waals surface area (Å²) in [7, 11) is 0. The summed E-state index contributed by atoms with van der Waals surface area (Å²) < 4.78 is 13.2. The monoisotopic (exact) mass is 448 g/mol. The molecule has 33 heavy (non-hydrogen) atoms. The number of unbranched alkanes of at least 4 members (excludes halogenated alkanes) is 1. The fourth-order valence-electron chi connectivity index (χ4n) is 3.52. The van der Waals surface area contributed by atoms with E-state index in [1.54, 1.807) is 30.5 Å². The normalized spacial score (nSPS) is 16.9. The van der Waals surface area contributed by atoms with E-state index in [0.29, 0.717) is 55.1 Å². The third-order valence-electron chi connectivity index (χ3n) is 5.34. The molecule has 0 unspecified atom stereocenters. The number of alkyl halides is 1. The highest BCUT2D eigenvalue weighted by molar-refractivity contribution is 5.78. The third-order valence-corrected chi connectivity index (χ3v) is 5.34. The molecule has 0 saturated heterocycles. The lowest BCUT2D eigenvalue weighted by Crippen LogP contribution is -2.30. The smallest absolute Gasteiger partial charge is 0.229 e. The molecule has 1 aromatic heterocycles. The molecule has 1 heterocycles. The second kappa shape index (κ2) is 12.4. The van der Waals surface area contributed by atoms with Crippen molar-refractivity contribution >= 4 is 23.4 Å². The maximum Gasteiger partial charge on any atom is 0.229 e. The summed E-state index contributed by atoms with van der Waals surface area (Å²) in [6.07, 6.45) is 4.59. The highest BCUT2D eigenvalue weighted by atomic mass is 19.1. The molecule has 0 aliphatic heterocycles. The van der Waals surface area contributed by atoms with E-state index in [2.05, 4.69) is 50.8 Å². The molecule has 1 fully saturated rings. The molecule has 0 radical (unpaired) electrons. The molecule has 172 valence electrons. The van der Waals surface area contributed by atoms with Crippen LogP contribution in [0.3, 0.4) is 0 Å². The van der Waals surface area contributed by atoms with Gasteiger partial charge >= 0.3 is 0 Å². The van der Waals surface area contributed by atoms with Crippen molar-refractivity contribution in [2.75, 3.05) is 23.7 Å². The molecule has 3 rings (SSSR count). The number of carbonyl (C=O) groups is 1. The van der Waals surface area contributed by atoms with E-state index in [1.165, 1.54) is 0 Å². The number of anilines is 3. The number of nitrogens with one attached hydrogen (secondary N) is 3. The minimum absolute atomic E-state index is 0.0482. The van der Waals surface area contributed by atoms with Crippen LogP contribution in [0.4, 0.5) is 21.8 Å². The average molecular weight is 449 g/mol. The average Bonchev–Trinajstić information content (AvgIpc) is 3.27. The molecule has 1 aliphatic carbocycles. The van der Waals surface area contributed by atoms with E-state index < -0.39 is 6.17 Å². The van der Waals surface area contributed by atoms with Crippen molar-refractivity contribution in [3.05, 3.63) is 41.6 Å². The Hall–Kier alpha value is -3.65. The Morgan fingerprint density at radius 2 is 2.06 bits per heavy atom. The zero-order valence-corrected chi connectivity index (χ0v) is 18.8. The third kappa shape index (κ3) is 7.47. The summed E-state index contributed by atoms with van der Waals surface area (Å²) in [5.74, 6) is 7.09. The second-order valence-corrected chi connectivity index (χ2v) is 8.00. The number of nitriles is 1. The summed E-state index contributed by atoms with van der Waals surface area (Å²) in [5.41, 5.74) is 2.08. The number of halogens is 1. The molecule has 2 atom stereocenters. The van der Waals surface area contributed by atoms with Crippen LogP contribution in [0, 0.1) is 29.1 Å². The second-order valence-electron chi connectivity index (χ2n) is 8.00. The van der Waals surface area contributed by atoms with Crippen LogP contribution >= 0.6 is 0 Å². The Bertz CT molecular complexity index is 1040. The van der Waals surface area contributed by atoms with Gasteiger partial charge in [0.1, 0.15) is 12.0 Å². The first-order chi connectivity index (χ1) is 16.1. The number of nitrogens with zero attached hydrogens (tertiary/aromatic N) is 3. The molecule has 7 nitrogen and oxygen atoms in total. The van der Waals surface area contributed by atoms with Crippen molar-refractivity contribution in [1.29, 1.82) is 5.26 Å². The lowest BCUT2D eigenvalue weighted by atomic mass is 10.1. The molecule has 1 saturated carbocycles. The Kier molecular flexibility index (Phi) is 9.02. The van der Waals surface area contributed by atoms with Gasteiger partial charge in [-0.25, -0.2) is 9.37 Å². The van der Waals surface area contributed by atoms with Gasteiger partial charge in [-0.1, -0.05) is 18.8 Å². The minimum Gasteiger partial charge on any atom is -0.369 e. The molecule has 1 aliphatic rings. The number of benzene rings is 1. The van der Waals surface area contributed by atoms with Gasteiger partial charge in [0.2, 0.25) is 11.9 Å². The predicted molar refractivity (Wildman–Crippen MR) is 127 cm³/mol. The lowest BCUT2D eigenvalue weighted by Gasteiger charge is -2.10. The van der Waals surface area contributed by atoms with E-state index in [4.69, 9.17) is 5.26 Å². The van der Waals surface area contributed by atoms with Gasteiger partial charge in [0.15, 0.2) is 0 Å². The molecule has 8 heteroatoms. The number of rotatable bonds is 9. The molecule has 3 N–H and O–H groups in total. The first kappa shape index (κ1) is 24.0. The van der Waals surface area contributed by atoms with E-state index in [-0.39, 0.29) is 11.8 Å². The van der Waals surface area contributed by atoms with Crippen LogP contribution in [0.15, 0.2) is 30.5 Å². The fraction of sp³-hybridized carbons (Fsp3) is 0.440. The van der Waals surface area contributed by atoms with Crippen molar-refractivity contribution in [3.63, 3.8) is 0 Å². The predicted octanol–water partition coefficient (Wildman–Crippen LogP) is 4.30. The number of aromatic nitrogens is 2. The van der Waals surface area contributed by atoms with E-state index >= 15 is 0 Å². The van der Waals surface area contributed by atoms with Gasteiger partial charge in [0, 0.05) is 31.1 Å². The molecular formula is C25H29FN6O. The summed E-state index contributed by atoms with van der Waals surface area (Å²) in [6, 6.07) is 9.15. The standard InChI is InChI=1S/C25H29FN6O/c1-2-13-28-23-20(6-4-3-5-14-29-24(33)19-9-10-21(26)15-19)17-30-25(32-23)31-22-11-7-18(16-27)8-12-22/h7-8,11-12,17,19,21H,2-3,5,9-10,13-15H2,1H3,(H,29,33)(H2,28,30,31,32)/t19-,21-/m0/s1. The molecule has 0 bridgehead atoms. The number of hydrogen-bond acceptors (Lipinski definition) is 6. The topological polar surface area (TPSA) is 103 Å².